The van der Waals surface area contributed by atoms with E-state index in [1.807, 2.05) is 24.3 Å². The van der Waals surface area contributed by atoms with E-state index in [-0.39, 0.29) is 18.6 Å². The normalized spacial score (nSPS) is 28.4. The van der Waals surface area contributed by atoms with Crippen LogP contribution in [0.3, 0.4) is 0 Å². The van der Waals surface area contributed by atoms with E-state index in [9.17, 15) is 4.79 Å². The Morgan fingerprint density at radius 3 is 2.75 bits per heavy atom. The maximum Gasteiger partial charge on any atom is 0.237 e. The lowest BCUT2D eigenvalue weighted by atomic mass is 9.93. The molecule has 1 amide bonds. The number of carbonyl (C=O) groups excluding carboxylic acids is 1. The minimum absolute atomic E-state index is 0.000727. The number of benzene rings is 1. The van der Waals surface area contributed by atoms with Crippen molar-refractivity contribution < 1.29 is 9.90 Å². The highest BCUT2D eigenvalue weighted by Crippen LogP contribution is 2.37. The number of aliphatic hydroxyl groups excluding tert-OH is 1. The Kier molecular flexibility index (Phi) is 4.03. The molecule has 1 aromatic carbocycles. The molecule has 3 atom stereocenters. The van der Waals surface area contributed by atoms with Crippen molar-refractivity contribution in [2.45, 2.75) is 38.5 Å². The molecule has 1 saturated carbocycles. The summed E-state index contributed by atoms with van der Waals surface area (Å²) in [7, 11) is 0. The average Bonchev–Trinajstić information content (AvgIpc) is 3.08. The SMILES string of the molecule is O=C(NCc1ccc(CO)cc1)C1NCC2CCCC21. The summed E-state index contributed by atoms with van der Waals surface area (Å²) in [6.45, 7) is 1.61. The van der Waals surface area contributed by atoms with E-state index in [0.717, 1.165) is 17.7 Å². The molecule has 2 fully saturated rings. The van der Waals surface area contributed by atoms with Crippen LogP contribution in [0.15, 0.2) is 24.3 Å². The fourth-order valence-corrected chi connectivity index (χ4v) is 3.54. The van der Waals surface area contributed by atoms with Crippen LogP contribution in [0.5, 0.6) is 0 Å². The molecular formula is C16H22N2O2. The molecule has 0 aromatic heterocycles. The molecule has 1 aliphatic carbocycles. The number of aliphatic hydroxyl groups is 1. The molecule has 1 saturated heterocycles. The lowest BCUT2D eigenvalue weighted by molar-refractivity contribution is -0.123. The van der Waals surface area contributed by atoms with Gasteiger partial charge in [0.2, 0.25) is 5.91 Å². The molecule has 1 aromatic rings. The van der Waals surface area contributed by atoms with Gasteiger partial charge in [-0.2, -0.15) is 0 Å². The van der Waals surface area contributed by atoms with Crippen molar-refractivity contribution in [3.05, 3.63) is 35.4 Å². The zero-order valence-corrected chi connectivity index (χ0v) is 11.6. The van der Waals surface area contributed by atoms with Gasteiger partial charge in [0.1, 0.15) is 0 Å². The van der Waals surface area contributed by atoms with Crippen LogP contribution in [-0.4, -0.2) is 23.6 Å². The average molecular weight is 274 g/mol. The summed E-state index contributed by atoms with van der Waals surface area (Å²) in [5.41, 5.74) is 1.96. The highest BCUT2D eigenvalue weighted by molar-refractivity contribution is 5.82. The summed E-state index contributed by atoms with van der Waals surface area (Å²) in [4.78, 5) is 12.3. The molecule has 3 N–H and O–H groups in total. The number of carbonyl (C=O) groups is 1. The lowest BCUT2D eigenvalue weighted by Crippen LogP contribution is -2.43. The first-order chi connectivity index (χ1) is 9.78. The first kappa shape index (κ1) is 13.6. The van der Waals surface area contributed by atoms with Gasteiger partial charge >= 0.3 is 0 Å². The summed E-state index contributed by atoms with van der Waals surface area (Å²) in [5, 5.41) is 15.4. The van der Waals surface area contributed by atoms with Crippen LogP contribution < -0.4 is 10.6 Å². The van der Waals surface area contributed by atoms with E-state index < -0.39 is 0 Å². The molecule has 1 heterocycles. The van der Waals surface area contributed by atoms with Crippen LogP contribution >= 0.6 is 0 Å². The van der Waals surface area contributed by atoms with Gasteiger partial charge in [0.05, 0.1) is 12.6 Å². The molecule has 108 valence electrons. The van der Waals surface area contributed by atoms with Crippen molar-refractivity contribution in [2.75, 3.05) is 6.54 Å². The van der Waals surface area contributed by atoms with Crippen molar-refractivity contribution in [1.29, 1.82) is 0 Å². The minimum Gasteiger partial charge on any atom is -0.392 e. The van der Waals surface area contributed by atoms with Crippen molar-refractivity contribution >= 4 is 5.91 Å². The van der Waals surface area contributed by atoms with Crippen LogP contribution in [0, 0.1) is 11.8 Å². The topological polar surface area (TPSA) is 61.4 Å². The van der Waals surface area contributed by atoms with Gasteiger partial charge in [-0.25, -0.2) is 0 Å². The molecule has 4 nitrogen and oxygen atoms in total. The van der Waals surface area contributed by atoms with Crippen molar-refractivity contribution in [1.82, 2.24) is 10.6 Å². The van der Waals surface area contributed by atoms with Gasteiger partial charge in [-0.15, -0.1) is 0 Å². The highest BCUT2D eigenvalue weighted by Gasteiger charge is 2.42. The smallest absolute Gasteiger partial charge is 0.237 e. The minimum atomic E-state index is -0.000727. The Morgan fingerprint density at radius 2 is 2.00 bits per heavy atom. The van der Waals surface area contributed by atoms with E-state index in [0.29, 0.717) is 18.4 Å². The summed E-state index contributed by atoms with van der Waals surface area (Å²) in [5.74, 6) is 1.37. The van der Waals surface area contributed by atoms with Crippen LogP contribution in [-0.2, 0) is 17.9 Å². The Balaban J connectivity index is 1.53. The molecule has 0 bridgehead atoms. The molecule has 1 aliphatic heterocycles. The molecule has 3 rings (SSSR count). The Bertz CT molecular complexity index is 472. The number of rotatable bonds is 4. The van der Waals surface area contributed by atoms with Gasteiger partial charge in [0, 0.05) is 6.54 Å². The zero-order chi connectivity index (χ0) is 13.9. The first-order valence-electron chi connectivity index (χ1n) is 7.47. The number of nitrogens with one attached hydrogen (secondary N) is 2. The second-order valence-corrected chi connectivity index (χ2v) is 5.93. The highest BCUT2D eigenvalue weighted by atomic mass is 16.3. The molecule has 4 heteroatoms. The Morgan fingerprint density at radius 1 is 1.25 bits per heavy atom. The number of hydrogen-bond acceptors (Lipinski definition) is 3. The first-order valence-corrected chi connectivity index (χ1v) is 7.47. The predicted octanol–water partition coefficient (Wildman–Crippen LogP) is 1.18. The third kappa shape index (κ3) is 2.72. The third-order valence-corrected chi connectivity index (χ3v) is 4.70. The fourth-order valence-electron chi connectivity index (χ4n) is 3.54. The summed E-state index contributed by atoms with van der Waals surface area (Å²) >= 11 is 0. The van der Waals surface area contributed by atoms with Crippen molar-refractivity contribution in [3.8, 4) is 0 Å². The van der Waals surface area contributed by atoms with Gasteiger partial charge in [0.25, 0.3) is 0 Å². The molecule has 3 unspecified atom stereocenters. The molecule has 0 radical (unpaired) electrons. The van der Waals surface area contributed by atoms with Gasteiger partial charge in [0.15, 0.2) is 0 Å². The van der Waals surface area contributed by atoms with Crippen LogP contribution in [0.4, 0.5) is 0 Å². The van der Waals surface area contributed by atoms with Gasteiger partial charge in [-0.05, 0) is 42.3 Å². The largest absolute Gasteiger partial charge is 0.392 e. The molecule has 0 spiro atoms. The van der Waals surface area contributed by atoms with Gasteiger partial charge < -0.3 is 15.7 Å². The van der Waals surface area contributed by atoms with E-state index in [1.54, 1.807) is 0 Å². The number of hydrogen-bond donors (Lipinski definition) is 3. The summed E-state index contributed by atoms with van der Waals surface area (Å²) in [6.07, 6.45) is 3.72. The lowest BCUT2D eigenvalue weighted by Gasteiger charge is -2.17. The van der Waals surface area contributed by atoms with E-state index in [4.69, 9.17) is 5.11 Å². The summed E-state index contributed by atoms with van der Waals surface area (Å²) < 4.78 is 0. The number of amides is 1. The summed E-state index contributed by atoms with van der Waals surface area (Å²) in [6, 6.07) is 7.68. The maximum atomic E-state index is 12.3. The Labute approximate surface area is 119 Å². The Hall–Kier alpha value is -1.39. The van der Waals surface area contributed by atoms with Gasteiger partial charge in [-0.3, -0.25) is 4.79 Å². The predicted molar refractivity (Wildman–Crippen MR) is 76.8 cm³/mol. The van der Waals surface area contributed by atoms with Crippen LogP contribution in [0.25, 0.3) is 0 Å². The molecule has 2 aliphatic rings. The van der Waals surface area contributed by atoms with Crippen LogP contribution in [0.2, 0.25) is 0 Å². The van der Waals surface area contributed by atoms with E-state index in [1.165, 1.54) is 19.3 Å². The monoisotopic (exact) mass is 274 g/mol. The molecule has 20 heavy (non-hydrogen) atoms. The van der Waals surface area contributed by atoms with E-state index in [2.05, 4.69) is 10.6 Å². The second-order valence-electron chi connectivity index (χ2n) is 5.93. The van der Waals surface area contributed by atoms with Crippen LogP contribution in [0.1, 0.15) is 30.4 Å². The van der Waals surface area contributed by atoms with Gasteiger partial charge in [-0.1, -0.05) is 30.7 Å². The standard InChI is InChI=1S/C16H22N2O2/c19-10-12-6-4-11(5-7-12)8-18-16(20)15-14-3-1-2-13(14)9-17-15/h4-7,13-15,17,19H,1-3,8-10H2,(H,18,20). The fraction of sp³-hybridized carbons (Fsp3) is 0.562. The third-order valence-electron chi connectivity index (χ3n) is 4.70. The second kappa shape index (κ2) is 5.94. The van der Waals surface area contributed by atoms with Crippen molar-refractivity contribution in [2.24, 2.45) is 11.8 Å². The van der Waals surface area contributed by atoms with Crippen molar-refractivity contribution in [3.63, 3.8) is 0 Å². The number of fused-ring (bicyclic) bond motifs is 1. The zero-order valence-electron chi connectivity index (χ0n) is 11.6. The molecular weight excluding hydrogens is 252 g/mol. The quantitative estimate of drug-likeness (QED) is 0.773. The maximum absolute atomic E-state index is 12.3. The van der Waals surface area contributed by atoms with E-state index >= 15 is 0 Å².